The van der Waals surface area contributed by atoms with Crippen molar-refractivity contribution >= 4 is 18.2 Å². The molecule has 1 aliphatic rings. The number of benzene rings is 1. The van der Waals surface area contributed by atoms with Gasteiger partial charge >= 0.3 is 5.97 Å². The minimum absolute atomic E-state index is 0.0173. The Bertz CT molecular complexity index is 676. The van der Waals surface area contributed by atoms with Crippen LogP contribution in [0.1, 0.15) is 49.0 Å². The van der Waals surface area contributed by atoms with Crippen molar-refractivity contribution in [3.05, 3.63) is 35.4 Å². The fourth-order valence-corrected chi connectivity index (χ4v) is 3.85. The summed E-state index contributed by atoms with van der Waals surface area (Å²) in [4.78, 5) is 37.8. The molecule has 1 aromatic rings. The van der Waals surface area contributed by atoms with E-state index in [1.165, 1.54) is 7.11 Å². The first-order valence-corrected chi connectivity index (χ1v) is 9.07. The lowest BCUT2D eigenvalue weighted by atomic mass is 9.80. The first kappa shape index (κ1) is 20.1. The molecule has 6 nitrogen and oxygen atoms in total. The van der Waals surface area contributed by atoms with Crippen LogP contribution in [0.5, 0.6) is 0 Å². The van der Waals surface area contributed by atoms with Gasteiger partial charge in [0.25, 0.3) is 0 Å². The molecular weight excluding hydrogens is 332 g/mol. The van der Waals surface area contributed by atoms with Gasteiger partial charge in [-0.1, -0.05) is 19.1 Å². The van der Waals surface area contributed by atoms with E-state index in [2.05, 4.69) is 0 Å². The molecule has 0 bridgehead atoms. The number of aldehydes is 1. The molecule has 2 N–H and O–H groups in total. The van der Waals surface area contributed by atoms with Crippen molar-refractivity contribution in [2.45, 2.75) is 38.6 Å². The minimum Gasteiger partial charge on any atom is -0.465 e. The highest BCUT2D eigenvalue weighted by Crippen LogP contribution is 2.35. The first-order chi connectivity index (χ1) is 12.4. The Morgan fingerprint density at radius 3 is 2.77 bits per heavy atom. The van der Waals surface area contributed by atoms with Gasteiger partial charge < -0.3 is 15.3 Å². The molecule has 0 aromatic heterocycles. The second kappa shape index (κ2) is 8.45. The van der Waals surface area contributed by atoms with Crippen LogP contribution in [-0.4, -0.2) is 43.3 Å². The molecule has 3 unspecified atom stereocenters. The third-order valence-corrected chi connectivity index (χ3v) is 5.67. The van der Waals surface area contributed by atoms with Crippen LogP contribution < -0.4 is 5.73 Å². The number of hydrogen-bond acceptors (Lipinski definition) is 5. The monoisotopic (exact) mass is 360 g/mol. The predicted octanol–water partition coefficient (Wildman–Crippen LogP) is 2.11. The van der Waals surface area contributed by atoms with E-state index in [9.17, 15) is 14.4 Å². The summed E-state index contributed by atoms with van der Waals surface area (Å²) in [5.41, 5.74) is 5.80. The Labute approximate surface area is 154 Å². The lowest BCUT2D eigenvalue weighted by Crippen LogP contribution is -2.56. The number of likely N-dealkylation sites (tertiary alicyclic amines) is 1. The van der Waals surface area contributed by atoms with E-state index in [1.54, 1.807) is 31.2 Å². The zero-order valence-electron chi connectivity index (χ0n) is 15.7. The molecule has 6 heteroatoms. The van der Waals surface area contributed by atoms with Gasteiger partial charge in [-0.2, -0.15) is 0 Å². The third kappa shape index (κ3) is 3.80. The number of carbonyl (C=O) groups excluding carboxylic acids is 3. The zero-order chi connectivity index (χ0) is 19.3. The predicted molar refractivity (Wildman–Crippen MR) is 98.5 cm³/mol. The highest BCUT2D eigenvalue weighted by atomic mass is 16.5. The van der Waals surface area contributed by atoms with E-state index in [0.29, 0.717) is 24.2 Å². The molecule has 1 fully saturated rings. The molecule has 142 valence electrons. The SMILES string of the molecule is CCC(C=O)C1CCCN(C(C)(C(N)=O)c2cccc(C(=O)OC)c2)C1. The van der Waals surface area contributed by atoms with Crippen LogP contribution in [0.15, 0.2) is 24.3 Å². The molecular formula is C20H28N2O4. The molecule has 1 heterocycles. The number of nitrogens with two attached hydrogens (primary N) is 1. The largest absolute Gasteiger partial charge is 0.465 e. The Kier molecular flexibility index (Phi) is 6.53. The van der Waals surface area contributed by atoms with Crippen LogP contribution in [0.25, 0.3) is 0 Å². The smallest absolute Gasteiger partial charge is 0.337 e. The maximum absolute atomic E-state index is 12.5. The Morgan fingerprint density at radius 2 is 2.19 bits per heavy atom. The minimum atomic E-state index is -1.05. The van der Waals surface area contributed by atoms with Gasteiger partial charge in [0.05, 0.1) is 12.7 Å². The Morgan fingerprint density at radius 1 is 1.46 bits per heavy atom. The number of rotatable bonds is 7. The zero-order valence-corrected chi connectivity index (χ0v) is 15.7. The van der Waals surface area contributed by atoms with Gasteiger partial charge in [0.15, 0.2) is 0 Å². The van der Waals surface area contributed by atoms with Gasteiger partial charge in [0.1, 0.15) is 11.8 Å². The van der Waals surface area contributed by atoms with E-state index in [1.807, 2.05) is 11.8 Å². The fraction of sp³-hybridized carbons (Fsp3) is 0.550. The summed E-state index contributed by atoms with van der Waals surface area (Å²) in [5.74, 6) is -0.744. The molecule has 1 aromatic carbocycles. The van der Waals surface area contributed by atoms with Gasteiger partial charge in [-0.05, 0) is 56.3 Å². The van der Waals surface area contributed by atoms with Crippen LogP contribution in [0.3, 0.4) is 0 Å². The number of nitrogens with zero attached hydrogens (tertiary/aromatic N) is 1. The molecule has 2 rings (SSSR count). The normalized spacial score (nSPS) is 21.4. The van der Waals surface area contributed by atoms with Crippen molar-refractivity contribution in [3.8, 4) is 0 Å². The van der Waals surface area contributed by atoms with Gasteiger partial charge in [0, 0.05) is 12.5 Å². The first-order valence-electron chi connectivity index (χ1n) is 9.07. The van der Waals surface area contributed by atoms with E-state index in [-0.39, 0.29) is 11.8 Å². The summed E-state index contributed by atoms with van der Waals surface area (Å²) in [7, 11) is 1.32. The molecule has 0 aliphatic carbocycles. The maximum Gasteiger partial charge on any atom is 0.337 e. The average Bonchev–Trinajstić information content (AvgIpc) is 2.67. The molecule has 3 atom stereocenters. The molecule has 1 saturated heterocycles. The highest BCUT2D eigenvalue weighted by molar-refractivity contribution is 5.91. The van der Waals surface area contributed by atoms with Crippen molar-refractivity contribution in [1.29, 1.82) is 0 Å². The van der Waals surface area contributed by atoms with Gasteiger partial charge in [-0.3, -0.25) is 9.69 Å². The fourth-order valence-electron chi connectivity index (χ4n) is 3.85. The number of methoxy groups -OCH3 is 1. The summed E-state index contributed by atoms with van der Waals surface area (Å²) in [6.07, 6.45) is 3.67. The molecule has 26 heavy (non-hydrogen) atoms. The summed E-state index contributed by atoms with van der Waals surface area (Å²) in [6.45, 7) is 5.13. The number of carbonyl (C=O) groups is 3. The summed E-state index contributed by atoms with van der Waals surface area (Å²) < 4.78 is 4.78. The van der Waals surface area contributed by atoms with Crippen LogP contribution >= 0.6 is 0 Å². The summed E-state index contributed by atoms with van der Waals surface area (Å²) in [6, 6.07) is 6.84. The third-order valence-electron chi connectivity index (χ3n) is 5.67. The molecule has 1 aliphatic heterocycles. The number of hydrogen-bond donors (Lipinski definition) is 1. The Hall–Kier alpha value is -2.21. The van der Waals surface area contributed by atoms with Gasteiger partial charge in [-0.15, -0.1) is 0 Å². The Balaban J connectivity index is 2.39. The second-order valence-corrected chi connectivity index (χ2v) is 7.07. The standard InChI is InChI=1S/C20H28N2O4/c1-4-14(13-23)16-8-6-10-22(12-16)20(2,19(21)25)17-9-5-7-15(11-17)18(24)26-3/h5,7,9,11,13-14,16H,4,6,8,10,12H2,1-3H3,(H2,21,25). The maximum atomic E-state index is 12.5. The molecule has 1 amide bonds. The lowest BCUT2D eigenvalue weighted by molar-refractivity contribution is -0.132. The molecule has 0 radical (unpaired) electrons. The van der Waals surface area contributed by atoms with Crippen LogP contribution in [0.2, 0.25) is 0 Å². The van der Waals surface area contributed by atoms with Crippen LogP contribution in [-0.2, 0) is 19.9 Å². The second-order valence-electron chi connectivity index (χ2n) is 7.07. The quantitative estimate of drug-likeness (QED) is 0.594. The number of piperidine rings is 1. The average molecular weight is 360 g/mol. The van der Waals surface area contributed by atoms with Crippen molar-refractivity contribution in [1.82, 2.24) is 4.90 Å². The summed E-state index contributed by atoms with van der Waals surface area (Å²) >= 11 is 0. The number of esters is 1. The topological polar surface area (TPSA) is 89.7 Å². The highest BCUT2D eigenvalue weighted by Gasteiger charge is 2.42. The van der Waals surface area contributed by atoms with E-state index >= 15 is 0 Å². The van der Waals surface area contributed by atoms with Crippen LogP contribution in [0, 0.1) is 11.8 Å². The number of ether oxygens (including phenoxy) is 1. The van der Waals surface area contributed by atoms with Crippen molar-refractivity contribution < 1.29 is 19.1 Å². The van der Waals surface area contributed by atoms with Crippen molar-refractivity contribution in [2.75, 3.05) is 20.2 Å². The molecule has 0 saturated carbocycles. The van der Waals surface area contributed by atoms with E-state index in [0.717, 1.165) is 25.5 Å². The number of primary amides is 1. The van der Waals surface area contributed by atoms with Crippen molar-refractivity contribution in [3.63, 3.8) is 0 Å². The summed E-state index contributed by atoms with van der Waals surface area (Å²) in [5, 5.41) is 0. The van der Waals surface area contributed by atoms with E-state index < -0.39 is 17.4 Å². The van der Waals surface area contributed by atoms with Crippen molar-refractivity contribution in [2.24, 2.45) is 17.6 Å². The van der Waals surface area contributed by atoms with Gasteiger partial charge in [-0.25, -0.2) is 4.79 Å². The molecule has 0 spiro atoms. The van der Waals surface area contributed by atoms with Gasteiger partial charge in [0.2, 0.25) is 5.91 Å². The van der Waals surface area contributed by atoms with Crippen LogP contribution in [0.4, 0.5) is 0 Å². The lowest BCUT2D eigenvalue weighted by Gasteiger charge is -2.45. The number of amides is 1. The van der Waals surface area contributed by atoms with E-state index in [4.69, 9.17) is 10.5 Å².